The Hall–Kier alpha value is -2.07. The standard InChI is InChI=1S/C15H14ClNO3/c16-11-13-6-7-15(14(10-13)17(18)19)20-9-8-12-4-2-1-3-5-12/h1-7,10H,8-9,11H2. The van der Waals surface area contributed by atoms with E-state index >= 15 is 0 Å². The minimum Gasteiger partial charge on any atom is -0.486 e. The van der Waals surface area contributed by atoms with Crippen molar-refractivity contribution in [1.82, 2.24) is 0 Å². The molecule has 0 bridgehead atoms. The van der Waals surface area contributed by atoms with Gasteiger partial charge in [0.25, 0.3) is 0 Å². The Kier molecular flexibility index (Phi) is 4.96. The molecule has 5 heteroatoms. The molecule has 0 saturated carbocycles. The van der Waals surface area contributed by atoms with Gasteiger partial charge in [0.1, 0.15) is 0 Å². The number of benzene rings is 2. The molecule has 104 valence electrons. The minimum absolute atomic E-state index is 0.0452. The lowest BCUT2D eigenvalue weighted by Crippen LogP contribution is -2.03. The second-order valence-electron chi connectivity index (χ2n) is 4.28. The van der Waals surface area contributed by atoms with Crippen molar-refractivity contribution < 1.29 is 9.66 Å². The average Bonchev–Trinajstić information content (AvgIpc) is 2.48. The topological polar surface area (TPSA) is 52.4 Å². The fraction of sp³-hybridized carbons (Fsp3) is 0.200. The molecule has 0 aliphatic heterocycles. The van der Waals surface area contributed by atoms with Crippen molar-refractivity contribution in [3.05, 3.63) is 69.8 Å². The fourth-order valence-electron chi connectivity index (χ4n) is 1.83. The van der Waals surface area contributed by atoms with Crippen LogP contribution in [-0.4, -0.2) is 11.5 Å². The van der Waals surface area contributed by atoms with Crippen LogP contribution in [0.25, 0.3) is 0 Å². The summed E-state index contributed by atoms with van der Waals surface area (Å²) in [5.74, 6) is 0.519. The lowest BCUT2D eigenvalue weighted by molar-refractivity contribution is -0.385. The number of alkyl halides is 1. The summed E-state index contributed by atoms with van der Waals surface area (Å²) in [6, 6.07) is 14.6. The number of nitro groups is 1. The molecule has 0 aromatic heterocycles. The minimum atomic E-state index is -0.450. The average molecular weight is 292 g/mol. The van der Waals surface area contributed by atoms with Gasteiger partial charge in [0.15, 0.2) is 5.75 Å². The normalized spacial score (nSPS) is 10.2. The lowest BCUT2D eigenvalue weighted by atomic mass is 10.2. The SMILES string of the molecule is O=[N+]([O-])c1cc(CCl)ccc1OCCc1ccccc1. The first-order valence-corrected chi connectivity index (χ1v) is 6.74. The van der Waals surface area contributed by atoms with Crippen molar-refractivity contribution in [2.75, 3.05) is 6.61 Å². The molecule has 0 N–H and O–H groups in total. The molecule has 0 unspecified atom stereocenters. The smallest absolute Gasteiger partial charge is 0.311 e. The highest BCUT2D eigenvalue weighted by Crippen LogP contribution is 2.28. The maximum absolute atomic E-state index is 11.0. The molecular weight excluding hydrogens is 278 g/mol. The van der Waals surface area contributed by atoms with E-state index in [4.69, 9.17) is 16.3 Å². The summed E-state index contributed by atoms with van der Waals surface area (Å²) < 4.78 is 5.52. The molecule has 0 spiro atoms. The summed E-state index contributed by atoms with van der Waals surface area (Å²) in [4.78, 5) is 10.6. The molecule has 0 fully saturated rings. The lowest BCUT2D eigenvalue weighted by Gasteiger charge is -2.07. The maximum atomic E-state index is 11.0. The van der Waals surface area contributed by atoms with E-state index in [1.165, 1.54) is 6.07 Å². The number of hydrogen-bond acceptors (Lipinski definition) is 3. The van der Waals surface area contributed by atoms with Crippen LogP contribution in [0.3, 0.4) is 0 Å². The molecule has 2 aromatic carbocycles. The number of hydrogen-bond donors (Lipinski definition) is 0. The van der Waals surface area contributed by atoms with Crippen molar-refractivity contribution in [3.63, 3.8) is 0 Å². The van der Waals surface area contributed by atoms with Gasteiger partial charge in [-0.2, -0.15) is 0 Å². The molecule has 0 atom stereocenters. The van der Waals surface area contributed by atoms with Crippen molar-refractivity contribution in [2.45, 2.75) is 12.3 Å². The summed E-state index contributed by atoms with van der Waals surface area (Å²) >= 11 is 5.68. The zero-order chi connectivity index (χ0) is 14.4. The molecule has 0 amide bonds. The molecule has 0 aliphatic rings. The first-order valence-electron chi connectivity index (χ1n) is 6.20. The second-order valence-corrected chi connectivity index (χ2v) is 4.54. The molecule has 0 aliphatic carbocycles. The zero-order valence-electron chi connectivity index (χ0n) is 10.8. The highest BCUT2D eigenvalue weighted by molar-refractivity contribution is 6.17. The Balaban J connectivity index is 2.04. The summed E-state index contributed by atoms with van der Waals surface area (Å²) in [5, 5.41) is 11.0. The Morgan fingerprint density at radius 1 is 1.10 bits per heavy atom. The molecular formula is C15H14ClNO3. The third-order valence-electron chi connectivity index (χ3n) is 2.87. The maximum Gasteiger partial charge on any atom is 0.311 e. The zero-order valence-corrected chi connectivity index (χ0v) is 11.5. The summed E-state index contributed by atoms with van der Waals surface area (Å²) in [6.45, 7) is 0.394. The highest BCUT2D eigenvalue weighted by Gasteiger charge is 2.15. The Morgan fingerprint density at radius 3 is 2.50 bits per heavy atom. The number of halogens is 1. The molecule has 0 heterocycles. The van der Waals surface area contributed by atoms with Crippen molar-refractivity contribution in [2.24, 2.45) is 0 Å². The molecule has 0 saturated heterocycles. The molecule has 4 nitrogen and oxygen atoms in total. The third kappa shape index (κ3) is 3.71. The van der Waals surface area contributed by atoms with Gasteiger partial charge in [-0.15, -0.1) is 11.6 Å². The van der Waals surface area contributed by atoms with Gasteiger partial charge < -0.3 is 4.74 Å². The molecule has 0 radical (unpaired) electrons. The fourth-order valence-corrected chi connectivity index (χ4v) is 2.00. The van der Waals surface area contributed by atoms with E-state index in [9.17, 15) is 10.1 Å². The first-order chi connectivity index (χ1) is 9.70. The van der Waals surface area contributed by atoms with Crippen LogP contribution in [-0.2, 0) is 12.3 Å². The van der Waals surface area contributed by atoms with Crippen LogP contribution in [0.1, 0.15) is 11.1 Å². The van der Waals surface area contributed by atoms with E-state index in [1.54, 1.807) is 12.1 Å². The van der Waals surface area contributed by atoms with Gasteiger partial charge in [-0.05, 0) is 17.2 Å². The number of nitro benzene ring substituents is 1. The van der Waals surface area contributed by atoms with E-state index < -0.39 is 4.92 Å². The monoisotopic (exact) mass is 291 g/mol. The van der Waals surface area contributed by atoms with Crippen LogP contribution in [0, 0.1) is 10.1 Å². The van der Waals surface area contributed by atoms with E-state index in [0.717, 1.165) is 5.56 Å². The van der Waals surface area contributed by atoms with Gasteiger partial charge in [0.2, 0.25) is 0 Å². The van der Waals surface area contributed by atoms with Gasteiger partial charge in [-0.1, -0.05) is 36.4 Å². The van der Waals surface area contributed by atoms with Gasteiger partial charge >= 0.3 is 5.69 Å². The quantitative estimate of drug-likeness (QED) is 0.460. The van der Waals surface area contributed by atoms with Crippen molar-refractivity contribution >= 4 is 17.3 Å². The van der Waals surface area contributed by atoms with Crippen molar-refractivity contribution in [1.29, 1.82) is 0 Å². The summed E-state index contributed by atoms with van der Waals surface area (Å²) in [7, 11) is 0. The Bertz CT molecular complexity index is 587. The van der Waals surface area contributed by atoms with E-state index in [0.29, 0.717) is 18.6 Å². The van der Waals surface area contributed by atoms with E-state index in [-0.39, 0.29) is 17.3 Å². The van der Waals surface area contributed by atoms with Crippen LogP contribution in [0.4, 0.5) is 5.69 Å². The third-order valence-corrected chi connectivity index (χ3v) is 3.17. The van der Waals surface area contributed by atoms with Crippen LogP contribution in [0.15, 0.2) is 48.5 Å². The first kappa shape index (κ1) is 14.3. The predicted molar refractivity (Wildman–Crippen MR) is 78.3 cm³/mol. The number of nitrogens with zero attached hydrogens (tertiary/aromatic N) is 1. The number of rotatable bonds is 6. The molecule has 2 rings (SSSR count). The van der Waals surface area contributed by atoms with Crippen LogP contribution in [0.5, 0.6) is 5.75 Å². The largest absolute Gasteiger partial charge is 0.486 e. The molecule has 20 heavy (non-hydrogen) atoms. The number of ether oxygens (including phenoxy) is 1. The van der Waals surface area contributed by atoms with Gasteiger partial charge in [0.05, 0.1) is 11.5 Å². The Morgan fingerprint density at radius 2 is 1.85 bits per heavy atom. The second kappa shape index (κ2) is 6.91. The van der Waals surface area contributed by atoms with Crippen LogP contribution < -0.4 is 4.74 Å². The van der Waals surface area contributed by atoms with E-state index in [1.807, 2.05) is 30.3 Å². The molecule has 2 aromatic rings. The van der Waals surface area contributed by atoms with Crippen LogP contribution >= 0.6 is 11.6 Å². The summed E-state index contributed by atoms with van der Waals surface area (Å²) in [6.07, 6.45) is 0.704. The Labute approximate surface area is 122 Å². The predicted octanol–water partition coefficient (Wildman–Crippen LogP) is 3.96. The van der Waals surface area contributed by atoms with E-state index in [2.05, 4.69) is 0 Å². The summed E-state index contributed by atoms with van der Waals surface area (Å²) in [5.41, 5.74) is 1.79. The van der Waals surface area contributed by atoms with Crippen LogP contribution in [0.2, 0.25) is 0 Å². The van der Waals surface area contributed by atoms with Crippen molar-refractivity contribution in [3.8, 4) is 5.75 Å². The van der Waals surface area contributed by atoms with Gasteiger partial charge in [0, 0.05) is 18.4 Å². The highest BCUT2D eigenvalue weighted by atomic mass is 35.5. The van der Waals surface area contributed by atoms with Gasteiger partial charge in [-0.25, -0.2) is 0 Å². The van der Waals surface area contributed by atoms with Gasteiger partial charge in [-0.3, -0.25) is 10.1 Å².